The molecule has 2 aromatic carbocycles. The Morgan fingerprint density at radius 3 is 2.55 bits per heavy atom. The molecule has 1 atom stereocenters. The van der Waals surface area contributed by atoms with Crippen LogP contribution in [0.4, 0.5) is 5.69 Å². The van der Waals surface area contributed by atoms with E-state index < -0.39 is 18.0 Å². The normalized spacial score (nSPS) is 13.2. The lowest BCUT2D eigenvalue weighted by atomic mass is 10.2. The summed E-state index contributed by atoms with van der Waals surface area (Å²) in [6, 6.07) is 9.77. The topological polar surface area (TPSA) is 92.3 Å². The van der Waals surface area contributed by atoms with Crippen LogP contribution >= 0.6 is 0 Å². The van der Waals surface area contributed by atoms with E-state index in [2.05, 4.69) is 5.32 Å². The Bertz CT molecular complexity index is 897. The molecule has 0 aliphatic carbocycles. The number of esters is 1. The third-order valence-electron chi connectivity index (χ3n) is 4.16. The number of benzene rings is 2. The molecule has 1 aliphatic rings. The van der Waals surface area contributed by atoms with Gasteiger partial charge in [0.2, 0.25) is 0 Å². The van der Waals surface area contributed by atoms with Gasteiger partial charge in [-0.15, -0.1) is 0 Å². The molecule has 0 radical (unpaired) electrons. The highest BCUT2D eigenvalue weighted by atomic mass is 16.6. The lowest BCUT2D eigenvalue weighted by Gasteiger charge is -2.19. The molecule has 0 aromatic heterocycles. The Morgan fingerprint density at radius 1 is 1.07 bits per heavy atom. The number of rotatable bonds is 7. The van der Waals surface area contributed by atoms with Gasteiger partial charge >= 0.3 is 5.97 Å². The predicted molar refractivity (Wildman–Crippen MR) is 105 cm³/mol. The zero-order valence-electron chi connectivity index (χ0n) is 16.5. The average molecular weight is 401 g/mol. The van der Waals surface area contributed by atoms with Crippen molar-refractivity contribution in [1.29, 1.82) is 0 Å². The second-order valence-electron chi connectivity index (χ2n) is 6.19. The Hall–Kier alpha value is -3.42. The molecule has 154 valence electrons. The third kappa shape index (κ3) is 4.90. The summed E-state index contributed by atoms with van der Waals surface area (Å²) in [5.74, 6) is 1.01. The zero-order chi connectivity index (χ0) is 20.8. The van der Waals surface area contributed by atoms with Crippen LogP contribution in [0.5, 0.6) is 23.0 Å². The summed E-state index contributed by atoms with van der Waals surface area (Å²) >= 11 is 0. The van der Waals surface area contributed by atoms with Gasteiger partial charge in [-0.1, -0.05) is 0 Å². The van der Waals surface area contributed by atoms with Crippen LogP contribution in [0.15, 0.2) is 36.4 Å². The highest BCUT2D eigenvalue weighted by Crippen LogP contribution is 2.32. The largest absolute Gasteiger partial charge is 0.493 e. The lowest BCUT2D eigenvalue weighted by Crippen LogP contribution is -2.30. The smallest absolute Gasteiger partial charge is 0.339 e. The van der Waals surface area contributed by atoms with Gasteiger partial charge in [-0.2, -0.15) is 0 Å². The van der Waals surface area contributed by atoms with Gasteiger partial charge in [-0.25, -0.2) is 4.79 Å². The minimum absolute atomic E-state index is 0.254. The second-order valence-corrected chi connectivity index (χ2v) is 6.19. The van der Waals surface area contributed by atoms with Gasteiger partial charge < -0.3 is 29.0 Å². The SMILES string of the molecule is CCOc1ccc(C(=O)OC(C)C(=O)Nc2ccc3c(c2)OCCO3)cc1OC. The summed E-state index contributed by atoms with van der Waals surface area (Å²) in [7, 11) is 1.48. The highest BCUT2D eigenvalue weighted by molar-refractivity contribution is 5.97. The predicted octanol–water partition coefficient (Wildman–Crippen LogP) is 3.05. The fraction of sp³-hybridized carbons (Fsp3) is 0.333. The van der Waals surface area contributed by atoms with Crippen molar-refractivity contribution >= 4 is 17.6 Å². The molecule has 1 N–H and O–H groups in total. The van der Waals surface area contributed by atoms with E-state index in [1.165, 1.54) is 20.1 Å². The minimum Gasteiger partial charge on any atom is -0.493 e. The quantitative estimate of drug-likeness (QED) is 0.713. The maximum atomic E-state index is 12.4. The number of ether oxygens (including phenoxy) is 5. The maximum absolute atomic E-state index is 12.4. The van der Waals surface area contributed by atoms with Gasteiger partial charge in [0.15, 0.2) is 29.1 Å². The van der Waals surface area contributed by atoms with Crippen LogP contribution < -0.4 is 24.3 Å². The first-order chi connectivity index (χ1) is 14.0. The molecular formula is C21H23NO7. The maximum Gasteiger partial charge on any atom is 0.339 e. The first-order valence-corrected chi connectivity index (χ1v) is 9.24. The van der Waals surface area contributed by atoms with Gasteiger partial charge in [-0.05, 0) is 44.2 Å². The van der Waals surface area contributed by atoms with Crippen LogP contribution in [0.25, 0.3) is 0 Å². The van der Waals surface area contributed by atoms with E-state index in [0.29, 0.717) is 48.5 Å². The number of amides is 1. The number of anilines is 1. The van der Waals surface area contributed by atoms with Gasteiger partial charge in [0, 0.05) is 11.8 Å². The molecule has 0 fully saturated rings. The summed E-state index contributed by atoms with van der Waals surface area (Å²) < 4.78 is 26.9. The van der Waals surface area contributed by atoms with E-state index in [1.807, 2.05) is 6.92 Å². The van der Waals surface area contributed by atoms with Crippen molar-refractivity contribution in [2.24, 2.45) is 0 Å². The molecule has 0 saturated carbocycles. The Kier molecular flexibility index (Phi) is 6.43. The molecule has 8 nitrogen and oxygen atoms in total. The van der Waals surface area contributed by atoms with Crippen LogP contribution in [0, 0.1) is 0 Å². The fourth-order valence-electron chi connectivity index (χ4n) is 2.72. The molecule has 0 saturated heterocycles. The number of hydrogen-bond acceptors (Lipinski definition) is 7. The van der Waals surface area contributed by atoms with Crippen molar-refractivity contribution < 1.29 is 33.3 Å². The summed E-state index contributed by atoms with van der Waals surface area (Å²) in [5, 5.41) is 2.70. The Balaban J connectivity index is 1.62. The molecule has 0 bridgehead atoms. The average Bonchev–Trinajstić information content (AvgIpc) is 2.74. The van der Waals surface area contributed by atoms with Crippen LogP contribution in [-0.2, 0) is 9.53 Å². The Labute approximate surface area is 168 Å². The standard InChI is InChI=1S/C21H23NO7/c1-4-26-16-7-5-14(11-18(16)25-3)21(24)29-13(2)20(23)22-15-6-8-17-19(12-15)28-10-9-27-17/h5-8,11-13H,4,9-10H2,1-3H3,(H,22,23). The van der Waals surface area contributed by atoms with Crippen molar-refractivity contribution in [3.05, 3.63) is 42.0 Å². The first-order valence-electron chi connectivity index (χ1n) is 9.24. The molecule has 1 unspecified atom stereocenters. The third-order valence-corrected chi connectivity index (χ3v) is 4.16. The molecule has 29 heavy (non-hydrogen) atoms. The van der Waals surface area contributed by atoms with Crippen LogP contribution in [0.2, 0.25) is 0 Å². The van der Waals surface area contributed by atoms with Crippen LogP contribution in [-0.4, -0.2) is 44.9 Å². The van der Waals surface area contributed by atoms with Crippen molar-refractivity contribution in [1.82, 2.24) is 0 Å². The minimum atomic E-state index is -1.01. The van der Waals surface area contributed by atoms with E-state index in [1.54, 1.807) is 30.3 Å². The van der Waals surface area contributed by atoms with Crippen molar-refractivity contribution in [3.63, 3.8) is 0 Å². The molecule has 1 heterocycles. The van der Waals surface area contributed by atoms with Crippen molar-refractivity contribution in [2.45, 2.75) is 20.0 Å². The van der Waals surface area contributed by atoms with Gasteiger partial charge in [0.05, 0.1) is 19.3 Å². The molecule has 3 rings (SSSR count). The van der Waals surface area contributed by atoms with E-state index in [-0.39, 0.29) is 5.56 Å². The van der Waals surface area contributed by atoms with E-state index in [4.69, 9.17) is 23.7 Å². The number of nitrogens with one attached hydrogen (secondary N) is 1. The number of methoxy groups -OCH3 is 1. The first kappa shape index (κ1) is 20.3. The zero-order valence-corrected chi connectivity index (χ0v) is 16.5. The van der Waals surface area contributed by atoms with Crippen molar-refractivity contribution in [3.8, 4) is 23.0 Å². The number of carbonyl (C=O) groups excluding carboxylic acids is 2. The number of hydrogen-bond donors (Lipinski definition) is 1. The number of fused-ring (bicyclic) bond motifs is 1. The van der Waals surface area contributed by atoms with Crippen molar-refractivity contribution in [2.75, 3.05) is 32.2 Å². The second kappa shape index (κ2) is 9.18. The van der Waals surface area contributed by atoms with Crippen LogP contribution in [0.3, 0.4) is 0 Å². The van der Waals surface area contributed by atoms with Crippen LogP contribution in [0.1, 0.15) is 24.2 Å². The van der Waals surface area contributed by atoms with E-state index in [0.717, 1.165) is 0 Å². The van der Waals surface area contributed by atoms with E-state index in [9.17, 15) is 9.59 Å². The molecule has 1 aliphatic heterocycles. The van der Waals surface area contributed by atoms with Gasteiger partial charge in [0.25, 0.3) is 5.91 Å². The molecule has 8 heteroatoms. The van der Waals surface area contributed by atoms with Gasteiger partial charge in [0.1, 0.15) is 13.2 Å². The number of carbonyl (C=O) groups is 2. The summed E-state index contributed by atoms with van der Waals surface area (Å²) in [5.41, 5.74) is 0.772. The molecule has 2 aromatic rings. The van der Waals surface area contributed by atoms with Gasteiger partial charge in [-0.3, -0.25) is 4.79 Å². The summed E-state index contributed by atoms with van der Waals surface area (Å²) in [6.45, 7) is 4.75. The molecular weight excluding hydrogens is 378 g/mol. The molecule has 0 spiro atoms. The highest BCUT2D eigenvalue weighted by Gasteiger charge is 2.21. The summed E-state index contributed by atoms with van der Waals surface area (Å²) in [4.78, 5) is 24.8. The molecule has 1 amide bonds. The fourth-order valence-corrected chi connectivity index (χ4v) is 2.72. The Morgan fingerprint density at radius 2 is 1.83 bits per heavy atom. The summed E-state index contributed by atoms with van der Waals surface area (Å²) in [6.07, 6.45) is -1.01. The monoisotopic (exact) mass is 401 g/mol. The lowest BCUT2D eigenvalue weighted by molar-refractivity contribution is -0.123. The van der Waals surface area contributed by atoms with E-state index >= 15 is 0 Å².